The monoisotopic (exact) mass is 390 g/mol. The molecule has 1 atom stereocenters. The minimum atomic E-state index is -4.13. The Morgan fingerprint density at radius 1 is 1.30 bits per heavy atom. The maximum absolute atomic E-state index is 13.6. The van der Waals surface area contributed by atoms with Crippen LogP contribution in [0, 0.1) is 0 Å². The van der Waals surface area contributed by atoms with Crippen molar-refractivity contribution >= 4 is 26.9 Å². The van der Waals surface area contributed by atoms with Crippen molar-refractivity contribution in [3.63, 3.8) is 0 Å². The van der Waals surface area contributed by atoms with Crippen molar-refractivity contribution in [1.29, 1.82) is 0 Å². The number of carbonyl (C=O) groups is 1. The van der Waals surface area contributed by atoms with Crippen LogP contribution in [-0.2, 0) is 21.8 Å². The van der Waals surface area contributed by atoms with Crippen molar-refractivity contribution in [3.8, 4) is 0 Å². The number of rotatable bonds is 4. The summed E-state index contributed by atoms with van der Waals surface area (Å²) in [6.45, 7) is 4.92. The highest BCUT2D eigenvalue weighted by Gasteiger charge is 2.41. The molecule has 0 aliphatic heterocycles. The van der Waals surface area contributed by atoms with Gasteiger partial charge < -0.3 is 9.30 Å². The molecule has 1 aliphatic carbocycles. The average molecular weight is 390 g/mol. The van der Waals surface area contributed by atoms with Crippen LogP contribution in [0.25, 0.3) is 10.9 Å². The highest BCUT2D eigenvalue weighted by molar-refractivity contribution is 7.91. The Morgan fingerprint density at radius 2 is 2.00 bits per heavy atom. The van der Waals surface area contributed by atoms with E-state index in [1.807, 2.05) is 0 Å². The standard InChI is InChI=1S/C19H22N2O5S/c1-13(2)26-18(23)15-12-14-8-11-20(4)17(22)16(14)21(15)27(24,25)19(3)9-6-5-7-10-19/h5-9,11-13H,10H2,1-4H3. The van der Waals surface area contributed by atoms with Crippen LogP contribution in [0.4, 0.5) is 0 Å². The Hall–Kier alpha value is -2.61. The molecule has 0 bridgehead atoms. The average Bonchev–Trinajstić information content (AvgIpc) is 2.99. The van der Waals surface area contributed by atoms with E-state index in [4.69, 9.17) is 4.74 Å². The second kappa shape index (κ2) is 6.53. The highest BCUT2D eigenvalue weighted by atomic mass is 32.2. The number of aromatic nitrogens is 2. The molecule has 8 heteroatoms. The minimum Gasteiger partial charge on any atom is -0.458 e. The molecule has 0 aromatic carbocycles. The number of ether oxygens (including phenoxy) is 1. The molecule has 27 heavy (non-hydrogen) atoms. The van der Waals surface area contributed by atoms with Crippen molar-refractivity contribution in [2.45, 2.75) is 38.0 Å². The van der Waals surface area contributed by atoms with E-state index in [0.717, 1.165) is 3.97 Å². The van der Waals surface area contributed by atoms with Crippen LogP contribution in [0.2, 0.25) is 0 Å². The molecule has 0 N–H and O–H groups in total. The minimum absolute atomic E-state index is 0.0557. The maximum Gasteiger partial charge on any atom is 0.356 e. The molecule has 1 unspecified atom stereocenters. The molecule has 0 radical (unpaired) electrons. The number of pyridine rings is 1. The third kappa shape index (κ3) is 3.03. The summed E-state index contributed by atoms with van der Waals surface area (Å²) in [5, 5.41) is 0.372. The van der Waals surface area contributed by atoms with Gasteiger partial charge in [0.25, 0.3) is 5.56 Å². The lowest BCUT2D eigenvalue weighted by Gasteiger charge is -2.28. The van der Waals surface area contributed by atoms with Gasteiger partial charge in [0.05, 0.1) is 6.10 Å². The second-order valence-electron chi connectivity index (χ2n) is 7.09. The zero-order valence-electron chi connectivity index (χ0n) is 15.7. The van der Waals surface area contributed by atoms with Gasteiger partial charge in [-0.25, -0.2) is 17.2 Å². The summed E-state index contributed by atoms with van der Waals surface area (Å²) < 4.78 is 33.2. The first-order chi connectivity index (χ1) is 12.6. The van der Waals surface area contributed by atoms with E-state index in [0.29, 0.717) is 5.39 Å². The summed E-state index contributed by atoms with van der Waals surface area (Å²) in [6.07, 6.45) is 8.06. The van der Waals surface area contributed by atoms with Crippen molar-refractivity contribution in [2.24, 2.45) is 7.05 Å². The van der Waals surface area contributed by atoms with Crippen molar-refractivity contribution in [3.05, 3.63) is 58.7 Å². The molecule has 2 aromatic heterocycles. The summed E-state index contributed by atoms with van der Waals surface area (Å²) in [4.78, 5) is 25.4. The van der Waals surface area contributed by atoms with E-state index >= 15 is 0 Å². The number of allylic oxidation sites excluding steroid dienone is 3. The Bertz CT molecular complexity index is 1130. The maximum atomic E-state index is 13.6. The van der Waals surface area contributed by atoms with E-state index in [9.17, 15) is 18.0 Å². The van der Waals surface area contributed by atoms with Gasteiger partial charge in [0.15, 0.2) is 0 Å². The van der Waals surface area contributed by atoms with Crippen LogP contribution in [-0.4, -0.2) is 33.8 Å². The quantitative estimate of drug-likeness (QED) is 0.748. The smallest absolute Gasteiger partial charge is 0.356 e. The van der Waals surface area contributed by atoms with Gasteiger partial charge in [0.1, 0.15) is 16.0 Å². The van der Waals surface area contributed by atoms with Gasteiger partial charge >= 0.3 is 5.97 Å². The Labute approximate surface area is 157 Å². The van der Waals surface area contributed by atoms with Gasteiger partial charge in [-0.1, -0.05) is 24.3 Å². The number of nitrogens with zero attached hydrogens (tertiary/aromatic N) is 2. The number of hydrogen-bond acceptors (Lipinski definition) is 5. The molecule has 0 saturated carbocycles. The van der Waals surface area contributed by atoms with Crippen LogP contribution in [0.5, 0.6) is 0 Å². The predicted octanol–water partition coefficient (Wildman–Crippen LogP) is 2.36. The summed E-state index contributed by atoms with van der Waals surface area (Å²) in [7, 11) is -2.60. The molecular weight excluding hydrogens is 368 g/mol. The first-order valence-electron chi connectivity index (χ1n) is 8.60. The highest BCUT2D eigenvalue weighted by Crippen LogP contribution is 2.32. The lowest BCUT2D eigenvalue weighted by Crippen LogP contribution is -2.40. The second-order valence-corrected chi connectivity index (χ2v) is 9.34. The Balaban J connectivity index is 2.37. The predicted molar refractivity (Wildman–Crippen MR) is 103 cm³/mol. The van der Waals surface area contributed by atoms with Gasteiger partial charge in [-0.2, -0.15) is 0 Å². The van der Waals surface area contributed by atoms with Crippen molar-refractivity contribution in [2.75, 3.05) is 0 Å². The largest absolute Gasteiger partial charge is 0.458 e. The molecule has 0 spiro atoms. The van der Waals surface area contributed by atoms with Gasteiger partial charge in [0.2, 0.25) is 10.0 Å². The van der Waals surface area contributed by atoms with E-state index in [2.05, 4.69) is 0 Å². The van der Waals surface area contributed by atoms with Crippen LogP contribution in [0.1, 0.15) is 37.7 Å². The lowest BCUT2D eigenvalue weighted by molar-refractivity contribution is 0.0370. The number of esters is 1. The molecule has 1 aliphatic rings. The van der Waals surface area contributed by atoms with Gasteiger partial charge in [-0.3, -0.25) is 4.79 Å². The molecule has 144 valence electrons. The normalized spacial score (nSPS) is 19.7. The number of aryl methyl sites for hydroxylation is 1. The first-order valence-corrected chi connectivity index (χ1v) is 10.0. The van der Waals surface area contributed by atoms with Gasteiger partial charge in [0, 0.05) is 18.6 Å². The number of hydrogen-bond donors (Lipinski definition) is 0. The topological polar surface area (TPSA) is 87.4 Å². The van der Waals surface area contributed by atoms with E-state index in [1.165, 1.54) is 23.9 Å². The third-order valence-electron chi connectivity index (χ3n) is 4.59. The SMILES string of the molecule is CC(C)OC(=O)c1cc2ccn(C)c(=O)c2n1S(=O)(=O)C1(C)C=CC=CC1. The first kappa shape index (κ1) is 19.2. The number of fused-ring (bicyclic) bond motifs is 1. The molecule has 0 fully saturated rings. The fourth-order valence-corrected chi connectivity index (χ4v) is 4.83. The van der Waals surface area contributed by atoms with Crippen LogP contribution in [0.3, 0.4) is 0 Å². The lowest BCUT2D eigenvalue weighted by atomic mass is 10.0. The summed E-state index contributed by atoms with van der Waals surface area (Å²) in [6, 6.07) is 3.00. The van der Waals surface area contributed by atoms with Gasteiger partial charge in [-0.15, -0.1) is 0 Å². The zero-order valence-corrected chi connectivity index (χ0v) is 16.5. The van der Waals surface area contributed by atoms with Gasteiger partial charge in [-0.05, 0) is 39.3 Å². The summed E-state index contributed by atoms with van der Waals surface area (Å²) in [5.41, 5.74) is -0.732. The zero-order chi connectivity index (χ0) is 20.0. The van der Waals surface area contributed by atoms with Crippen molar-refractivity contribution in [1.82, 2.24) is 8.54 Å². The molecule has 0 amide bonds. The molecule has 2 aromatic rings. The molecule has 2 heterocycles. The summed E-state index contributed by atoms with van der Waals surface area (Å²) in [5.74, 6) is -0.786. The fraction of sp³-hybridized carbons (Fsp3) is 0.368. The molecule has 0 saturated heterocycles. The Kier molecular flexibility index (Phi) is 4.63. The number of carbonyl (C=O) groups excluding carboxylic acids is 1. The van der Waals surface area contributed by atoms with Crippen molar-refractivity contribution < 1.29 is 17.9 Å². The Morgan fingerprint density at radius 3 is 2.59 bits per heavy atom. The third-order valence-corrected chi connectivity index (χ3v) is 6.93. The summed E-state index contributed by atoms with van der Waals surface area (Å²) >= 11 is 0. The molecule has 3 rings (SSSR count). The van der Waals surface area contributed by atoms with Crippen LogP contribution >= 0.6 is 0 Å². The van der Waals surface area contributed by atoms with Crippen LogP contribution < -0.4 is 5.56 Å². The van der Waals surface area contributed by atoms with E-state index < -0.39 is 32.4 Å². The molecule has 7 nitrogen and oxygen atoms in total. The fourth-order valence-electron chi connectivity index (χ4n) is 3.05. The van der Waals surface area contributed by atoms with E-state index in [-0.39, 0.29) is 17.6 Å². The van der Waals surface area contributed by atoms with Crippen LogP contribution in [0.15, 0.2) is 47.4 Å². The molecular formula is C19H22N2O5S. The van der Waals surface area contributed by atoms with E-state index in [1.54, 1.807) is 51.1 Å².